The number of anilines is 1. The fourth-order valence-corrected chi connectivity index (χ4v) is 3.98. The second kappa shape index (κ2) is 7.47. The van der Waals surface area contributed by atoms with Crippen molar-refractivity contribution < 1.29 is 9.59 Å². The number of aliphatic imine (C=N–C) groups is 1. The lowest BCUT2D eigenvalue weighted by atomic mass is 9.88. The van der Waals surface area contributed by atoms with Crippen LogP contribution < -0.4 is 4.90 Å². The van der Waals surface area contributed by atoms with Crippen molar-refractivity contribution >= 4 is 23.7 Å². The third kappa shape index (κ3) is 3.44. The molecule has 4 heteroatoms. The van der Waals surface area contributed by atoms with E-state index in [0.717, 1.165) is 24.0 Å². The molecule has 0 bridgehead atoms. The summed E-state index contributed by atoms with van der Waals surface area (Å²) in [6.07, 6.45) is 7.62. The highest BCUT2D eigenvalue weighted by Crippen LogP contribution is 2.32. The molecule has 2 aromatic carbocycles. The molecule has 0 aromatic heterocycles. The number of nitrogens with zero attached hydrogens (tertiary/aromatic N) is 2. The van der Waals surface area contributed by atoms with E-state index in [2.05, 4.69) is 0 Å². The molecule has 0 radical (unpaired) electrons. The Morgan fingerprint density at radius 1 is 0.963 bits per heavy atom. The summed E-state index contributed by atoms with van der Waals surface area (Å²) in [6.45, 7) is 1.98. The molecular weight excluding hydrogens is 336 g/mol. The van der Waals surface area contributed by atoms with Gasteiger partial charge in [-0.2, -0.15) is 0 Å². The van der Waals surface area contributed by atoms with E-state index < -0.39 is 5.92 Å². The number of imide groups is 1. The van der Waals surface area contributed by atoms with E-state index in [1.807, 2.05) is 49.4 Å². The molecule has 0 spiro atoms. The van der Waals surface area contributed by atoms with Crippen LogP contribution in [0.25, 0.3) is 0 Å². The topological polar surface area (TPSA) is 49.7 Å². The normalized spacial score (nSPS) is 20.9. The zero-order valence-electron chi connectivity index (χ0n) is 15.6. The molecule has 2 aromatic rings. The molecule has 1 fully saturated rings. The van der Waals surface area contributed by atoms with Crippen LogP contribution in [-0.4, -0.2) is 24.1 Å². The molecule has 2 amide bonds. The van der Waals surface area contributed by atoms with Crippen LogP contribution in [0.1, 0.15) is 59.5 Å². The number of aryl methyl sites for hydroxylation is 1. The van der Waals surface area contributed by atoms with Crippen LogP contribution in [-0.2, 0) is 4.79 Å². The Balaban J connectivity index is 1.72. The first kappa shape index (κ1) is 17.7. The van der Waals surface area contributed by atoms with Crippen molar-refractivity contribution in [1.29, 1.82) is 0 Å². The summed E-state index contributed by atoms with van der Waals surface area (Å²) in [5.74, 6) is -0.994. The Morgan fingerprint density at radius 2 is 1.67 bits per heavy atom. The van der Waals surface area contributed by atoms with E-state index >= 15 is 0 Å². The number of amides is 2. The Bertz CT molecular complexity index is 880. The van der Waals surface area contributed by atoms with E-state index in [1.54, 1.807) is 12.3 Å². The third-order valence-electron chi connectivity index (χ3n) is 5.53. The maximum absolute atomic E-state index is 13.3. The lowest BCUT2D eigenvalue weighted by Gasteiger charge is -2.31. The minimum atomic E-state index is -0.512. The highest BCUT2D eigenvalue weighted by atomic mass is 16.2. The van der Waals surface area contributed by atoms with E-state index in [9.17, 15) is 9.59 Å². The van der Waals surface area contributed by atoms with Gasteiger partial charge in [-0.25, -0.2) is 4.90 Å². The number of fused-ring (bicyclic) bond motifs is 1. The maximum Gasteiger partial charge on any atom is 0.265 e. The molecule has 0 unspecified atom stereocenters. The monoisotopic (exact) mass is 360 g/mol. The minimum absolute atomic E-state index is 0.220. The first-order chi connectivity index (χ1) is 13.1. The second-order valence-electron chi connectivity index (χ2n) is 7.47. The fourth-order valence-electron chi connectivity index (χ4n) is 3.98. The molecule has 4 rings (SSSR count). The molecule has 1 aliphatic heterocycles. The molecule has 1 heterocycles. The number of carbonyl (C=O) groups is 2. The maximum atomic E-state index is 13.3. The molecule has 4 nitrogen and oxygen atoms in total. The molecule has 27 heavy (non-hydrogen) atoms. The van der Waals surface area contributed by atoms with Gasteiger partial charge < -0.3 is 0 Å². The first-order valence-corrected chi connectivity index (χ1v) is 9.72. The van der Waals surface area contributed by atoms with Gasteiger partial charge in [0.15, 0.2) is 0 Å². The van der Waals surface area contributed by atoms with Crippen LogP contribution in [0.3, 0.4) is 0 Å². The molecular formula is C23H24N2O2. The fraction of sp³-hybridized carbons (Fsp3) is 0.348. The van der Waals surface area contributed by atoms with E-state index in [4.69, 9.17) is 4.99 Å². The molecule has 0 saturated heterocycles. The van der Waals surface area contributed by atoms with Crippen molar-refractivity contribution in [1.82, 2.24) is 0 Å². The van der Waals surface area contributed by atoms with Crippen molar-refractivity contribution in [3.63, 3.8) is 0 Å². The summed E-state index contributed by atoms with van der Waals surface area (Å²) in [6, 6.07) is 15.2. The van der Waals surface area contributed by atoms with Gasteiger partial charge in [0, 0.05) is 17.8 Å². The number of carbonyl (C=O) groups excluding carboxylic acids is 2. The molecule has 0 N–H and O–H groups in total. The van der Waals surface area contributed by atoms with Gasteiger partial charge in [0.05, 0.1) is 11.6 Å². The van der Waals surface area contributed by atoms with Crippen molar-refractivity contribution in [3.8, 4) is 0 Å². The summed E-state index contributed by atoms with van der Waals surface area (Å²) in [7, 11) is 0. The lowest BCUT2D eigenvalue weighted by molar-refractivity contribution is -0.118. The number of hydrogen-bond donors (Lipinski definition) is 0. The number of hydrogen-bond acceptors (Lipinski definition) is 3. The average molecular weight is 360 g/mol. The molecule has 1 aliphatic carbocycles. The van der Waals surface area contributed by atoms with E-state index in [-0.39, 0.29) is 11.8 Å². The quantitative estimate of drug-likeness (QED) is 0.590. The largest absolute Gasteiger partial charge is 0.293 e. The number of rotatable bonds is 3. The van der Waals surface area contributed by atoms with E-state index in [1.165, 1.54) is 24.2 Å². The van der Waals surface area contributed by atoms with Crippen LogP contribution in [0.4, 0.5) is 5.69 Å². The van der Waals surface area contributed by atoms with E-state index in [0.29, 0.717) is 17.3 Å². The summed E-state index contributed by atoms with van der Waals surface area (Å²) >= 11 is 0. The van der Waals surface area contributed by atoms with Crippen LogP contribution >= 0.6 is 0 Å². The van der Waals surface area contributed by atoms with Gasteiger partial charge in [-0.05, 0) is 43.5 Å². The van der Waals surface area contributed by atoms with Gasteiger partial charge in [0.2, 0.25) is 5.91 Å². The van der Waals surface area contributed by atoms with Crippen LogP contribution in [0, 0.1) is 6.92 Å². The Hall–Kier alpha value is -2.75. The zero-order chi connectivity index (χ0) is 18.8. The lowest BCUT2D eigenvalue weighted by Crippen LogP contribution is -2.45. The van der Waals surface area contributed by atoms with Gasteiger partial charge in [0.1, 0.15) is 0 Å². The Kier molecular flexibility index (Phi) is 4.88. The zero-order valence-corrected chi connectivity index (χ0v) is 15.6. The molecule has 1 atom stereocenters. The predicted molar refractivity (Wildman–Crippen MR) is 108 cm³/mol. The highest BCUT2D eigenvalue weighted by molar-refractivity contribution is 6.29. The van der Waals surface area contributed by atoms with Crippen LogP contribution in [0.5, 0.6) is 0 Å². The highest BCUT2D eigenvalue weighted by Gasteiger charge is 2.38. The average Bonchev–Trinajstić information content (AvgIpc) is 2.70. The minimum Gasteiger partial charge on any atom is -0.293 e. The van der Waals surface area contributed by atoms with Crippen LogP contribution in [0.15, 0.2) is 53.5 Å². The summed E-state index contributed by atoms with van der Waals surface area (Å²) in [4.78, 5) is 32.3. The van der Waals surface area contributed by atoms with Gasteiger partial charge in [-0.3, -0.25) is 14.6 Å². The standard InChI is InChI=1S/C23H24N2O2/c1-16-11-13-18(14-12-16)25-22(26)20-10-6-5-9-19(20)21(23(25)27)15-24-17-7-3-2-4-8-17/h5-6,9-15,17,21H,2-4,7-8H2,1H3/t21-/m1/s1. The van der Waals surface area contributed by atoms with Crippen molar-refractivity contribution in [2.24, 2.45) is 4.99 Å². The number of benzene rings is 2. The Morgan fingerprint density at radius 3 is 2.41 bits per heavy atom. The van der Waals surface area contributed by atoms with Crippen LogP contribution in [0.2, 0.25) is 0 Å². The van der Waals surface area contributed by atoms with Gasteiger partial charge >= 0.3 is 0 Å². The van der Waals surface area contributed by atoms with Crippen molar-refractivity contribution in [2.45, 2.75) is 51.0 Å². The SMILES string of the molecule is Cc1ccc(N2C(=O)c3ccccc3[C@@H](C=NC3CCCCC3)C2=O)cc1. The predicted octanol–water partition coefficient (Wildman–Crippen LogP) is 4.67. The van der Waals surface area contributed by atoms with Gasteiger partial charge in [0.25, 0.3) is 5.91 Å². The smallest absolute Gasteiger partial charge is 0.265 e. The molecule has 2 aliphatic rings. The summed E-state index contributed by atoms with van der Waals surface area (Å²) in [5, 5.41) is 0. The Labute approximate surface area is 159 Å². The summed E-state index contributed by atoms with van der Waals surface area (Å²) < 4.78 is 0. The third-order valence-corrected chi connectivity index (χ3v) is 5.53. The first-order valence-electron chi connectivity index (χ1n) is 9.72. The second-order valence-corrected chi connectivity index (χ2v) is 7.47. The summed E-state index contributed by atoms with van der Waals surface area (Å²) in [5.41, 5.74) is 3.04. The van der Waals surface area contributed by atoms with Crippen molar-refractivity contribution in [3.05, 3.63) is 65.2 Å². The molecule has 138 valence electrons. The molecule has 1 saturated carbocycles. The van der Waals surface area contributed by atoms with Crippen molar-refractivity contribution in [2.75, 3.05) is 4.90 Å². The van der Waals surface area contributed by atoms with Gasteiger partial charge in [-0.15, -0.1) is 0 Å². The van der Waals surface area contributed by atoms with Gasteiger partial charge in [-0.1, -0.05) is 55.2 Å².